The highest BCUT2D eigenvalue weighted by atomic mass is 16.1. The van der Waals surface area contributed by atoms with Gasteiger partial charge in [-0.05, 0) is 12.8 Å². The molecule has 0 bridgehead atoms. The maximum atomic E-state index is 12.8. The molecule has 1 atom stereocenters. The van der Waals surface area contributed by atoms with Crippen molar-refractivity contribution in [2.45, 2.75) is 72.1 Å². The number of unbranched alkanes of at least 4 members (excludes halogenated alkanes) is 4. The Bertz CT molecular complexity index is 411. The number of carbonyl (C=O) groups excluding carboxylic acids is 1. The second-order valence-corrected chi connectivity index (χ2v) is 6.17. The van der Waals surface area contributed by atoms with Gasteiger partial charge in [-0.25, -0.2) is 4.98 Å². The second kappa shape index (κ2) is 8.23. The van der Waals surface area contributed by atoms with Crippen molar-refractivity contribution in [3.05, 3.63) is 18.2 Å². The van der Waals surface area contributed by atoms with Crippen molar-refractivity contribution < 1.29 is 4.79 Å². The quantitative estimate of drug-likeness (QED) is 0.456. The van der Waals surface area contributed by atoms with Crippen molar-refractivity contribution in [2.75, 3.05) is 0 Å². The van der Waals surface area contributed by atoms with Gasteiger partial charge in [-0.2, -0.15) is 0 Å². The van der Waals surface area contributed by atoms with E-state index in [1.807, 2.05) is 17.8 Å². The summed E-state index contributed by atoms with van der Waals surface area (Å²) >= 11 is 0. The van der Waals surface area contributed by atoms with Gasteiger partial charge < -0.3 is 4.57 Å². The van der Waals surface area contributed by atoms with Gasteiger partial charge in [0.25, 0.3) is 0 Å². The molecule has 0 saturated heterocycles. The molecule has 1 aromatic heterocycles. The van der Waals surface area contributed by atoms with Gasteiger partial charge in [0, 0.05) is 24.9 Å². The number of rotatable bonds is 10. The number of nitrogens with zero attached hydrogens (tertiary/aromatic N) is 2. The lowest BCUT2D eigenvalue weighted by Gasteiger charge is -2.27. The van der Waals surface area contributed by atoms with E-state index in [2.05, 4.69) is 25.8 Å². The highest BCUT2D eigenvalue weighted by Gasteiger charge is 2.34. The van der Waals surface area contributed by atoms with Crippen LogP contribution in [0.15, 0.2) is 12.4 Å². The Morgan fingerprint density at radius 2 is 1.80 bits per heavy atom. The van der Waals surface area contributed by atoms with Crippen LogP contribution < -0.4 is 0 Å². The third-order valence-corrected chi connectivity index (χ3v) is 4.24. The number of carbonyl (C=O) groups is 1. The fourth-order valence-corrected chi connectivity index (χ4v) is 2.72. The molecule has 3 nitrogen and oxygen atoms in total. The normalized spacial score (nSPS) is 14.2. The maximum Gasteiger partial charge on any atom is 0.204 e. The monoisotopic (exact) mass is 278 g/mol. The van der Waals surface area contributed by atoms with Crippen molar-refractivity contribution in [1.82, 2.24) is 9.55 Å². The largest absolute Gasteiger partial charge is 0.332 e. The number of ketones is 1. The molecule has 0 spiro atoms. The van der Waals surface area contributed by atoms with Crippen molar-refractivity contribution in [2.24, 2.45) is 12.5 Å². The van der Waals surface area contributed by atoms with Crippen molar-refractivity contribution in [3.63, 3.8) is 0 Å². The molecule has 0 aromatic carbocycles. The Labute approximate surface area is 123 Å². The SMILES string of the molecule is CCCCCCC(C)(CCCC)C(=O)c1nccn1C. The van der Waals surface area contributed by atoms with E-state index in [9.17, 15) is 4.79 Å². The summed E-state index contributed by atoms with van der Waals surface area (Å²) in [5.41, 5.74) is -0.247. The minimum Gasteiger partial charge on any atom is -0.332 e. The van der Waals surface area contributed by atoms with Crippen LogP contribution in [0.4, 0.5) is 0 Å². The molecule has 0 amide bonds. The third kappa shape index (κ3) is 4.46. The van der Waals surface area contributed by atoms with E-state index in [-0.39, 0.29) is 11.2 Å². The number of hydrogen-bond acceptors (Lipinski definition) is 2. The fourth-order valence-electron chi connectivity index (χ4n) is 2.72. The summed E-state index contributed by atoms with van der Waals surface area (Å²) in [5, 5.41) is 0. The van der Waals surface area contributed by atoms with Crippen LogP contribution in [0, 0.1) is 5.41 Å². The predicted molar refractivity (Wildman–Crippen MR) is 83.9 cm³/mol. The van der Waals surface area contributed by atoms with E-state index in [1.54, 1.807) is 6.20 Å². The van der Waals surface area contributed by atoms with E-state index < -0.39 is 0 Å². The number of hydrogen-bond donors (Lipinski definition) is 0. The summed E-state index contributed by atoms with van der Waals surface area (Å²) in [6.45, 7) is 6.53. The maximum absolute atomic E-state index is 12.8. The highest BCUT2D eigenvalue weighted by molar-refractivity contribution is 5.97. The molecule has 0 radical (unpaired) electrons. The smallest absolute Gasteiger partial charge is 0.204 e. The molecule has 1 unspecified atom stereocenters. The van der Waals surface area contributed by atoms with Crippen molar-refractivity contribution in [3.8, 4) is 0 Å². The number of imidazole rings is 1. The fraction of sp³-hybridized carbons (Fsp3) is 0.765. The highest BCUT2D eigenvalue weighted by Crippen LogP contribution is 2.34. The van der Waals surface area contributed by atoms with Gasteiger partial charge in [-0.15, -0.1) is 0 Å². The molecular weight excluding hydrogens is 248 g/mol. The van der Waals surface area contributed by atoms with E-state index in [1.165, 1.54) is 19.3 Å². The first kappa shape index (κ1) is 16.9. The molecule has 1 aromatic rings. The zero-order valence-corrected chi connectivity index (χ0v) is 13.6. The zero-order valence-electron chi connectivity index (χ0n) is 13.6. The van der Waals surface area contributed by atoms with Gasteiger partial charge in [0.05, 0.1) is 0 Å². The summed E-state index contributed by atoms with van der Waals surface area (Å²) in [7, 11) is 1.90. The number of Topliss-reactive ketones (excluding diaryl/α,β-unsaturated/α-hetero) is 1. The van der Waals surface area contributed by atoms with E-state index in [0.29, 0.717) is 5.82 Å². The minimum atomic E-state index is -0.247. The topological polar surface area (TPSA) is 34.9 Å². The Balaban J connectivity index is 2.76. The van der Waals surface area contributed by atoms with Gasteiger partial charge in [0.15, 0.2) is 5.82 Å². The molecule has 1 rings (SSSR count). The molecule has 114 valence electrons. The van der Waals surface area contributed by atoms with Crippen LogP contribution in [0.3, 0.4) is 0 Å². The van der Waals surface area contributed by atoms with Crippen LogP contribution in [-0.2, 0) is 7.05 Å². The number of aromatic nitrogens is 2. The van der Waals surface area contributed by atoms with Crippen LogP contribution >= 0.6 is 0 Å². The average molecular weight is 278 g/mol. The summed E-state index contributed by atoms with van der Waals surface area (Å²) in [4.78, 5) is 17.1. The molecule has 0 fully saturated rings. The van der Waals surface area contributed by atoms with Crippen LogP contribution in [0.1, 0.15) is 82.8 Å². The molecule has 0 aliphatic rings. The lowest BCUT2D eigenvalue weighted by atomic mass is 9.76. The molecule has 3 heteroatoms. The average Bonchev–Trinajstić information content (AvgIpc) is 2.86. The van der Waals surface area contributed by atoms with Crippen LogP contribution in [0.2, 0.25) is 0 Å². The molecule has 0 aliphatic carbocycles. The van der Waals surface area contributed by atoms with Crippen LogP contribution in [0.25, 0.3) is 0 Å². The Kier molecular flexibility index (Phi) is 6.97. The van der Waals surface area contributed by atoms with Crippen molar-refractivity contribution in [1.29, 1.82) is 0 Å². The third-order valence-electron chi connectivity index (χ3n) is 4.24. The van der Waals surface area contributed by atoms with Gasteiger partial charge in [0.2, 0.25) is 5.78 Å². The summed E-state index contributed by atoms with van der Waals surface area (Å²) in [5.74, 6) is 0.828. The Morgan fingerprint density at radius 3 is 2.35 bits per heavy atom. The van der Waals surface area contributed by atoms with E-state index >= 15 is 0 Å². The van der Waals surface area contributed by atoms with Gasteiger partial charge in [-0.3, -0.25) is 4.79 Å². The van der Waals surface area contributed by atoms with Gasteiger partial charge in [-0.1, -0.05) is 59.3 Å². The summed E-state index contributed by atoms with van der Waals surface area (Å²) in [6, 6.07) is 0. The number of aryl methyl sites for hydroxylation is 1. The lowest BCUT2D eigenvalue weighted by Crippen LogP contribution is -2.30. The molecule has 1 heterocycles. The summed E-state index contributed by atoms with van der Waals surface area (Å²) < 4.78 is 1.85. The zero-order chi connectivity index (χ0) is 15.0. The molecule has 0 aliphatic heterocycles. The Morgan fingerprint density at radius 1 is 1.15 bits per heavy atom. The van der Waals surface area contributed by atoms with Crippen LogP contribution in [0.5, 0.6) is 0 Å². The van der Waals surface area contributed by atoms with Gasteiger partial charge in [0.1, 0.15) is 0 Å². The molecule has 20 heavy (non-hydrogen) atoms. The summed E-state index contributed by atoms with van der Waals surface area (Å²) in [6.07, 6.45) is 12.6. The standard InChI is InChI=1S/C17H30N2O/c1-5-7-9-10-12-17(3,11-8-6-2)15(20)16-18-13-14-19(16)4/h13-14H,5-12H2,1-4H3. The molecular formula is C17H30N2O. The first-order valence-electron chi connectivity index (χ1n) is 8.07. The van der Waals surface area contributed by atoms with Crippen molar-refractivity contribution >= 4 is 5.78 Å². The van der Waals surface area contributed by atoms with E-state index in [4.69, 9.17) is 0 Å². The minimum absolute atomic E-state index is 0.218. The van der Waals surface area contributed by atoms with Gasteiger partial charge >= 0.3 is 0 Å². The Hall–Kier alpha value is -1.12. The first-order chi connectivity index (χ1) is 9.55. The predicted octanol–water partition coefficient (Wildman–Crippen LogP) is 4.77. The molecule has 0 N–H and O–H groups in total. The molecule has 0 saturated carbocycles. The van der Waals surface area contributed by atoms with Crippen LogP contribution in [-0.4, -0.2) is 15.3 Å². The second-order valence-electron chi connectivity index (χ2n) is 6.17. The first-order valence-corrected chi connectivity index (χ1v) is 8.07. The van der Waals surface area contributed by atoms with E-state index in [0.717, 1.165) is 32.1 Å². The lowest BCUT2D eigenvalue weighted by molar-refractivity contribution is 0.0763.